The number of carbonyl (C=O) groups is 1. The fraction of sp³-hybridized carbons (Fsp3) is 0.533. The number of nitrogens with zero attached hydrogens (tertiary/aromatic N) is 1. The molecule has 0 spiro atoms. The fourth-order valence-electron chi connectivity index (χ4n) is 2.67. The van der Waals surface area contributed by atoms with Crippen LogP contribution < -0.4 is 5.32 Å². The lowest BCUT2D eigenvalue weighted by Gasteiger charge is -2.28. The average molecular weight is 246 g/mol. The van der Waals surface area contributed by atoms with Crippen molar-refractivity contribution in [3.05, 3.63) is 35.4 Å². The van der Waals surface area contributed by atoms with Gasteiger partial charge in [-0.2, -0.15) is 0 Å². The fourth-order valence-corrected chi connectivity index (χ4v) is 2.67. The summed E-state index contributed by atoms with van der Waals surface area (Å²) in [5, 5.41) is 3.08. The second-order valence-electron chi connectivity index (χ2n) is 5.01. The number of aryl methyl sites for hydroxylation is 1. The van der Waals surface area contributed by atoms with Gasteiger partial charge in [-0.15, -0.1) is 0 Å². The van der Waals surface area contributed by atoms with Crippen molar-refractivity contribution in [3.63, 3.8) is 0 Å². The van der Waals surface area contributed by atoms with E-state index >= 15 is 0 Å². The van der Waals surface area contributed by atoms with Gasteiger partial charge in [-0.3, -0.25) is 4.79 Å². The number of fused-ring (bicyclic) bond motifs is 1. The minimum absolute atomic E-state index is 0.0665. The third-order valence-corrected chi connectivity index (χ3v) is 3.74. The summed E-state index contributed by atoms with van der Waals surface area (Å²) in [6, 6.07) is 8.37. The first-order valence-electron chi connectivity index (χ1n) is 6.71. The summed E-state index contributed by atoms with van der Waals surface area (Å²) in [6.07, 6.45) is 3.22. The van der Waals surface area contributed by atoms with E-state index in [4.69, 9.17) is 0 Å². The molecule has 0 aliphatic heterocycles. The Morgan fingerprint density at radius 2 is 2.22 bits per heavy atom. The van der Waals surface area contributed by atoms with Gasteiger partial charge in [0.1, 0.15) is 0 Å². The first-order valence-corrected chi connectivity index (χ1v) is 6.71. The molecule has 2 rings (SSSR count). The molecule has 1 unspecified atom stereocenters. The number of benzene rings is 1. The smallest absolute Gasteiger partial charge is 0.229 e. The molecule has 1 aromatic carbocycles. The molecule has 0 aromatic heterocycles. The van der Waals surface area contributed by atoms with E-state index in [9.17, 15) is 4.79 Å². The van der Waals surface area contributed by atoms with Crippen LogP contribution in [0, 0.1) is 0 Å². The quantitative estimate of drug-likeness (QED) is 0.878. The van der Waals surface area contributed by atoms with Crippen LogP contribution in [0.4, 0.5) is 0 Å². The van der Waals surface area contributed by atoms with E-state index in [1.165, 1.54) is 11.1 Å². The molecule has 1 amide bonds. The van der Waals surface area contributed by atoms with E-state index in [0.717, 1.165) is 32.4 Å². The minimum atomic E-state index is 0.0665. The van der Waals surface area contributed by atoms with Crippen LogP contribution in [0.5, 0.6) is 0 Å². The van der Waals surface area contributed by atoms with Gasteiger partial charge in [0.15, 0.2) is 0 Å². The zero-order chi connectivity index (χ0) is 13.0. The lowest BCUT2D eigenvalue weighted by Crippen LogP contribution is -2.37. The molecule has 0 fully saturated rings. The summed E-state index contributed by atoms with van der Waals surface area (Å²) in [5.41, 5.74) is 2.59. The number of likely N-dealkylation sites (N-methyl/N-ethyl adjacent to an activating group) is 2. The highest BCUT2D eigenvalue weighted by Crippen LogP contribution is 2.32. The van der Waals surface area contributed by atoms with Gasteiger partial charge in [0.25, 0.3) is 0 Å². The van der Waals surface area contributed by atoms with Gasteiger partial charge < -0.3 is 10.2 Å². The second kappa shape index (κ2) is 6.01. The molecule has 0 heterocycles. The first-order chi connectivity index (χ1) is 8.74. The summed E-state index contributed by atoms with van der Waals surface area (Å²) >= 11 is 0. The van der Waals surface area contributed by atoms with Crippen LogP contribution in [0.15, 0.2) is 24.3 Å². The van der Waals surface area contributed by atoms with Crippen LogP contribution in [0.2, 0.25) is 0 Å². The van der Waals surface area contributed by atoms with Crippen LogP contribution >= 0.6 is 0 Å². The molecule has 18 heavy (non-hydrogen) atoms. The second-order valence-corrected chi connectivity index (χ2v) is 5.01. The van der Waals surface area contributed by atoms with Gasteiger partial charge in [0, 0.05) is 20.1 Å². The van der Waals surface area contributed by atoms with E-state index in [1.807, 2.05) is 25.1 Å². The van der Waals surface area contributed by atoms with Crippen molar-refractivity contribution in [2.75, 3.05) is 27.2 Å². The van der Waals surface area contributed by atoms with Crippen molar-refractivity contribution in [1.82, 2.24) is 10.2 Å². The summed E-state index contributed by atoms with van der Waals surface area (Å²) in [5.74, 6) is 0.328. The normalized spacial score (nSPS) is 18.2. The van der Waals surface area contributed by atoms with Crippen molar-refractivity contribution in [1.29, 1.82) is 0 Å². The number of nitrogens with one attached hydrogen (secondary N) is 1. The third-order valence-electron chi connectivity index (χ3n) is 3.74. The molecule has 0 saturated heterocycles. The van der Waals surface area contributed by atoms with Gasteiger partial charge in [-0.25, -0.2) is 0 Å². The van der Waals surface area contributed by atoms with Crippen molar-refractivity contribution in [2.24, 2.45) is 0 Å². The average Bonchev–Trinajstić information content (AvgIpc) is 2.43. The summed E-state index contributed by atoms with van der Waals surface area (Å²) in [6.45, 7) is 1.62. The van der Waals surface area contributed by atoms with Crippen LogP contribution in [0.25, 0.3) is 0 Å². The summed E-state index contributed by atoms with van der Waals surface area (Å²) in [4.78, 5) is 14.3. The SMILES string of the molecule is CNCCN(C)C(=O)C1CCCc2ccccc21. The number of hydrogen-bond donors (Lipinski definition) is 1. The van der Waals surface area contributed by atoms with Gasteiger partial charge in [0.05, 0.1) is 5.92 Å². The van der Waals surface area contributed by atoms with Crippen LogP contribution in [-0.4, -0.2) is 38.0 Å². The Hall–Kier alpha value is -1.35. The molecule has 1 N–H and O–H groups in total. The lowest BCUT2D eigenvalue weighted by molar-refractivity contribution is -0.131. The molecule has 1 aliphatic carbocycles. The number of carbonyl (C=O) groups excluding carboxylic acids is 1. The molecule has 3 heteroatoms. The van der Waals surface area contributed by atoms with E-state index in [2.05, 4.69) is 23.5 Å². The molecular formula is C15H22N2O. The van der Waals surface area contributed by atoms with Crippen molar-refractivity contribution in [3.8, 4) is 0 Å². The van der Waals surface area contributed by atoms with Crippen molar-refractivity contribution in [2.45, 2.75) is 25.2 Å². The molecule has 0 saturated carbocycles. The predicted molar refractivity (Wildman–Crippen MR) is 73.7 cm³/mol. The van der Waals surface area contributed by atoms with Crippen LogP contribution in [0.1, 0.15) is 29.9 Å². The van der Waals surface area contributed by atoms with Gasteiger partial charge in [-0.1, -0.05) is 24.3 Å². The maximum absolute atomic E-state index is 12.5. The number of hydrogen-bond acceptors (Lipinski definition) is 2. The lowest BCUT2D eigenvalue weighted by atomic mass is 9.82. The Morgan fingerprint density at radius 3 is 3.00 bits per heavy atom. The highest BCUT2D eigenvalue weighted by molar-refractivity contribution is 5.84. The zero-order valence-corrected chi connectivity index (χ0v) is 11.3. The highest BCUT2D eigenvalue weighted by atomic mass is 16.2. The molecule has 1 atom stereocenters. The van der Waals surface area contributed by atoms with Crippen LogP contribution in [0.3, 0.4) is 0 Å². The minimum Gasteiger partial charge on any atom is -0.344 e. The molecular weight excluding hydrogens is 224 g/mol. The van der Waals surface area contributed by atoms with E-state index in [-0.39, 0.29) is 11.8 Å². The topological polar surface area (TPSA) is 32.3 Å². The third kappa shape index (κ3) is 2.72. The molecule has 98 valence electrons. The molecule has 1 aliphatic rings. The number of amides is 1. The van der Waals surface area contributed by atoms with Crippen molar-refractivity contribution < 1.29 is 4.79 Å². The van der Waals surface area contributed by atoms with Gasteiger partial charge in [0.2, 0.25) is 5.91 Å². The van der Waals surface area contributed by atoms with Crippen molar-refractivity contribution >= 4 is 5.91 Å². The van der Waals surface area contributed by atoms with Gasteiger partial charge >= 0.3 is 0 Å². The Morgan fingerprint density at radius 1 is 1.44 bits per heavy atom. The molecule has 1 aromatic rings. The standard InChI is InChI=1S/C15H22N2O/c1-16-10-11-17(2)15(18)14-9-5-7-12-6-3-4-8-13(12)14/h3-4,6,8,14,16H,5,7,9-11H2,1-2H3. The van der Waals surface area contributed by atoms with E-state index in [0.29, 0.717) is 0 Å². The Kier molecular flexibility index (Phi) is 4.37. The molecule has 0 bridgehead atoms. The monoisotopic (exact) mass is 246 g/mol. The maximum Gasteiger partial charge on any atom is 0.229 e. The Balaban J connectivity index is 2.12. The highest BCUT2D eigenvalue weighted by Gasteiger charge is 2.27. The summed E-state index contributed by atoms with van der Waals surface area (Å²) in [7, 11) is 3.81. The molecule has 3 nitrogen and oxygen atoms in total. The Labute approximate surface area is 109 Å². The molecule has 0 radical (unpaired) electrons. The maximum atomic E-state index is 12.5. The zero-order valence-electron chi connectivity index (χ0n) is 11.3. The predicted octanol–water partition coefficient (Wildman–Crippen LogP) is 1.78. The summed E-state index contributed by atoms with van der Waals surface area (Å²) < 4.78 is 0. The van der Waals surface area contributed by atoms with Crippen LogP contribution in [-0.2, 0) is 11.2 Å². The largest absolute Gasteiger partial charge is 0.344 e. The Bertz CT molecular complexity index is 417. The van der Waals surface area contributed by atoms with E-state index < -0.39 is 0 Å². The first kappa shape index (κ1) is 13.1. The number of rotatable bonds is 4. The van der Waals surface area contributed by atoms with Gasteiger partial charge in [-0.05, 0) is 37.4 Å². The van der Waals surface area contributed by atoms with E-state index in [1.54, 1.807) is 0 Å².